The van der Waals surface area contributed by atoms with E-state index < -0.39 is 0 Å². The Balaban J connectivity index is 2.11. The van der Waals surface area contributed by atoms with Crippen LogP contribution in [0.2, 0.25) is 0 Å². The molecule has 2 aromatic rings. The predicted molar refractivity (Wildman–Crippen MR) is 91.7 cm³/mol. The zero-order valence-corrected chi connectivity index (χ0v) is 14.9. The summed E-state index contributed by atoms with van der Waals surface area (Å²) in [5, 5.41) is 4.98. The van der Waals surface area contributed by atoms with Crippen LogP contribution < -0.4 is 5.32 Å². The third kappa shape index (κ3) is 4.03. The van der Waals surface area contributed by atoms with Gasteiger partial charge in [-0.1, -0.05) is 35.0 Å². The average Bonchev–Trinajstić information content (AvgIpc) is 2.84. The second-order valence-corrected chi connectivity index (χ2v) is 7.85. The third-order valence-electron chi connectivity index (χ3n) is 2.82. The average molecular weight is 450 g/mol. The molecule has 1 unspecified atom stereocenters. The molecule has 1 N–H and O–H groups in total. The van der Waals surface area contributed by atoms with E-state index in [2.05, 4.69) is 50.8 Å². The monoisotopic (exact) mass is 449 g/mol. The summed E-state index contributed by atoms with van der Waals surface area (Å²) < 4.78 is 2.17. The molecule has 0 bridgehead atoms. The molecular formula is C14H13BrINOS. The molecule has 1 aromatic heterocycles. The number of thiophene rings is 1. The Labute approximate surface area is 138 Å². The summed E-state index contributed by atoms with van der Waals surface area (Å²) in [4.78, 5) is 12.2. The van der Waals surface area contributed by atoms with Gasteiger partial charge in [0.1, 0.15) is 0 Å². The Bertz CT molecular complexity index is 567. The first-order valence-corrected chi connectivity index (χ1v) is 8.65. The highest BCUT2D eigenvalue weighted by atomic mass is 127. The van der Waals surface area contributed by atoms with Gasteiger partial charge in [-0.15, -0.1) is 11.3 Å². The lowest BCUT2D eigenvalue weighted by atomic mass is 10.0. The van der Waals surface area contributed by atoms with Gasteiger partial charge >= 0.3 is 0 Å². The molecule has 100 valence electrons. The molecule has 1 amide bonds. The van der Waals surface area contributed by atoms with Crippen molar-refractivity contribution in [2.45, 2.75) is 19.4 Å². The summed E-state index contributed by atoms with van der Waals surface area (Å²) in [5.74, 6) is -0.00562. The van der Waals surface area contributed by atoms with E-state index in [0.717, 1.165) is 24.9 Å². The van der Waals surface area contributed by atoms with Crippen molar-refractivity contribution in [1.82, 2.24) is 5.32 Å². The second kappa shape index (κ2) is 6.85. The van der Waals surface area contributed by atoms with Crippen molar-refractivity contribution in [3.05, 3.63) is 54.2 Å². The maximum absolute atomic E-state index is 12.2. The van der Waals surface area contributed by atoms with Crippen LogP contribution in [0.1, 0.15) is 35.3 Å². The summed E-state index contributed by atoms with van der Waals surface area (Å²) in [7, 11) is 0. The summed E-state index contributed by atoms with van der Waals surface area (Å²) in [6.45, 7) is 2.07. The topological polar surface area (TPSA) is 29.1 Å². The number of rotatable bonds is 4. The molecule has 0 saturated heterocycles. The minimum Gasteiger partial charge on any atom is -0.345 e. The number of benzene rings is 1. The molecule has 0 fully saturated rings. The minimum atomic E-state index is -0.00562. The number of hydrogen-bond acceptors (Lipinski definition) is 2. The maximum Gasteiger partial charge on any atom is 0.252 e. The SMILES string of the molecule is CCC(NC(=O)c1csc(I)c1)c1ccc(Br)cc1. The van der Waals surface area contributed by atoms with E-state index in [1.54, 1.807) is 11.3 Å². The van der Waals surface area contributed by atoms with E-state index in [1.165, 1.54) is 0 Å². The lowest BCUT2D eigenvalue weighted by molar-refractivity contribution is 0.0936. The van der Waals surface area contributed by atoms with Gasteiger partial charge in [-0.05, 0) is 52.8 Å². The molecule has 0 aliphatic rings. The van der Waals surface area contributed by atoms with Crippen LogP contribution >= 0.6 is 49.9 Å². The first kappa shape index (κ1) is 15.0. The van der Waals surface area contributed by atoms with Crippen LogP contribution in [0.5, 0.6) is 0 Å². The quantitative estimate of drug-likeness (QED) is 0.654. The molecule has 2 nitrogen and oxygen atoms in total. The van der Waals surface area contributed by atoms with Crippen molar-refractivity contribution >= 4 is 55.8 Å². The zero-order chi connectivity index (χ0) is 13.8. The molecule has 0 aliphatic heterocycles. The van der Waals surface area contributed by atoms with Crippen LogP contribution in [0.4, 0.5) is 0 Å². The van der Waals surface area contributed by atoms with E-state index in [1.807, 2.05) is 35.7 Å². The smallest absolute Gasteiger partial charge is 0.252 e. The van der Waals surface area contributed by atoms with Gasteiger partial charge in [0.15, 0.2) is 0 Å². The van der Waals surface area contributed by atoms with Gasteiger partial charge in [-0.25, -0.2) is 0 Å². The van der Waals surface area contributed by atoms with Gasteiger partial charge in [0, 0.05) is 9.85 Å². The summed E-state index contributed by atoms with van der Waals surface area (Å²) in [6.07, 6.45) is 0.870. The number of carbonyl (C=O) groups is 1. The summed E-state index contributed by atoms with van der Waals surface area (Å²) >= 11 is 7.23. The lowest BCUT2D eigenvalue weighted by Crippen LogP contribution is -2.27. The molecule has 5 heteroatoms. The highest BCUT2D eigenvalue weighted by Crippen LogP contribution is 2.21. The van der Waals surface area contributed by atoms with Crippen molar-refractivity contribution in [3.8, 4) is 0 Å². The molecule has 1 aromatic carbocycles. The number of carbonyl (C=O) groups excluding carboxylic acids is 1. The number of amides is 1. The summed E-state index contributed by atoms with van der Waals surface area (Å²) in [5.41, 5.74) is 1.87. The fourth-order valence-electron chi connectivity index (χ4n) is 1.79. The van der Waals surface area contributed by atoms with Crippen molar-refractivity contribution in [1.29, 1.82) is 0 Å². The molecule has 0 spiro atoms. The van der Waals surface area contributed by atoms with Crippen LogP contribution in [0.15, 0.2) is 40.2 Å². The Morgan fingerprint density at radius 1 is 1.42 bits per heavy atom. The van der Waals surface area contributed by atoms with Crippen LogP contribution in [0, 0.1) is 2.88 Å². The number of nitrogens with one attached hydrogen (secondary N) is 1. The molecule has 1 heterocycles. The van der Waals surface area contributed by atoms with Crippen molar-refractivity contribution in [2.75, 3.05) is 0 Å². The normalized spacial score (nSPS) is 12.2. The molecule has 2 rings (SSSR count). The van der Waals surface area contributed by atoms with Gasteiger partial charge in [0.2, 0.25) is 0 Å². The van der Waals surface area contributed by atoms with Crippen LogP contribution in [-0.4, -0.2) is 5.91 Å². The van der Waals surface area contributed by atoms with E-state index in [0.29, 0.717) is 0 Å². The molecule has 1 atom stereocenters. The second-order valence-electron chi connectivity index (χ2n) is 4.13. The fraction of sp³-hybridized carbons (Fsp3) is 0.214. The van der Waals surface area contributed by atoms with Crippen molar-refractivity contribution in [3.63, 3.8) is 0 Å². The van der Waals surface area contributed by atoms with E-state index in [9.17, 15) is 4.79 Å². The standard InChI is InChI=1S/C14H13BrINOS/c1-2-12(9-3-5-11(15)6-4-9)17-14(18)10-7-13(16)19-8-10/h3-8,12H,2H2,1H3,(H,17,18). The Hall–Kier alpha value is -0.400. The third-order valence-corrected chi connectivity index (χ3v) is 5.13. The predicted octanol–water partition coefficient (Wildman–Crippen LogP) is 5.00. The maximum atomic E-state index is 12.2. The Morgan fingerprint density at radius 3 is 2.63 bits per heavy atom. The molecular weight excluding hydrogens is 437 g/mol. The highest BCUT2D eigenvalue weighted by Gasteiger charge is 2.14. The highest BCUT2D eigenvalue weighted by molar-refractivity contribution is 14.1. The largest absolute Gasteiger partial charge is 0.345 e. The zero-order valence-electron chi connectivity index (χ0n) is 10.3. The van der Waals surface area contributed by atoms with Crippen molar-refractivity contribution < 1.29 is 4.79 Å². The van der Waals surface area contributed by atoms with Gasteiger partial charge < -0.3 is 5.32 Å². The van der Waals surface area contributed by atoms with Gasteiger partial charge in [-0.2, -0.15) is 0 Å². The number of hydrogen-bond donors (Lipinski definition) is 1. The van der Waals surface area contributed by atoms with E-state index >= 15 is 0 Å². The lowest BCUT2D eigenvalue weighted by Gasteiger charge is -2.17. The summed E-state index contributed by atoms with van der Waals surface area (Å²) in [6, 6.07) is 10.0. The first-order valence-electron chi connectivity index (χ1n) is 5.90. The minimum absolute atomic E-state index is 0.00562. The van der Waals surface area contributed by atoms with Gasteiger partial charge in [-0.3, -0.25) is 4.79 Å². The van der Waals surface area contributed by atoms with Crippen LogP contribution in [0.25, 0.3) is 0 Å². The van der Waals surface area contributed by atoms with E-state index in [4.69, 9.17) is 0 Å². The fourth-order valence-corrected chi connectivity index (χ4v) is 3.38. The van der Waals surface area contributed by atoms with E-state index in [-0.39, 0.29) is 11.9 Å². The molecule has 0 saturated carbocycles. The van der Waals surface area contributed by atoms with Gasteiger partial charge in [0.25, 0.3) is 5.91 Å². The molecule has 19 heavy (non-hydrogen) atoms. The van der Waals surface area contributed by atoms with Crippen LogP contribution in [-0.2, 0) is 0 Å². The first-order chi connectivity index (χ1) is 9.10. The van der Waals surface area contributed by atoms with Crippen molar-refractivity contribution in [2.24, 2.45) is 0 Å². The van der Waals surface area contributed by atoms with Crippen LogP contribution in [0.3, 0.4) is 0 Å². The van der Waals surface area contributed by atoms with Gasteiger partial charge in [0.05, 0.1) is 14.5 Å². The Kier molecular flexibility index (Phi) is 5.41. The number of halogens is 2. The Morgan fingerprint density at radius 2 is 2.11 bits per heavy atom. The molecule has 0 radical (unpaired) electrons. The molecule has 0 aliphatic carbocycles.